The molecule has 0 saturated carbocycles. The summed E-state index contributed by atoms with van der Waals surface area (Å²) in [7, 11) is 0. The maximum absolute atomic E-state index is 10.7. The molecule has 1 rings (SSSR count). The first kappa shape index (κ1) is 10.7. The van der Waals surface area contributed by atoms with Crippen molar-refractivity contribution in [2.75, 3.05) is 32.8 Å². The van der Waals surface area contributed by atoms with Crippen molar-refractivity contribution in [3.8, 4) is 0 Å². The number of aldehydes is 1. The summed E-state index contributed by atoms with van der Waals surface area (Å²) in [6, 6.07) is 0. The molecular weight excluding hydrogens is 166 g/mol. The summed E-state index contributed by atoms with van der Waals surface area (Å²) in [4.78, 5) is 13.0. The van der Waals surface area contributed by atoms with Crippen molar-refractivity contribution in [3.63, 3.8) is 0 Å². The normalized spacial score (nSPS) is 20.2. The number of carbonyl (C=O) groups excluding carboxylic acids is 1. The van der Waals surface area contributed by atoms with Crippen molar-refractivity contribution in [1.29, 1.82) is 0 Å². The van der Waals surface area contributed by atoms with Gasteiger partial charge < -0.3 is 9.53 Å². The Hall–Kier alpha value is -0.410. The lowest BCUT2D eigenvalue weighted by molar-refractivity contribution is -0.115. The molecular formula is C10H19NO2. The van der Waals surface area contributed by atoms with Crippen LogP contribution in [0.1, 0.15) is 20.3 Å². The quantitative estimate of drug-likeness (QED) is 0.610. The third-order valence-corrected chi connectivity index (χ3v) is 2.50. The first-order valence-electron chi connectivity index (χ1n) is 4.90. The molecule has 0 spiro atoms. The Kier molecular flexibility index (Phi) is 3.88. The van der Waals surface area contributed by atoms with Gasteiger partial charge in [-0.15, -0.1) is 0 Å². The Morgan fingerprint density at radius 3 is 2.54 bits per heavy atom. The molecule has 0 aromatic rings. The molecule has 1 aliphatic rings. The van der Waals surface area contributed by atoms with Gasteiger partial charge in [-0.05, 0) is 13.0 Å². The van der Waals surface area contributed by atoms with E-state index in [9.17, 15) is 4.79 Å². The van der Waals surface area contributed by atoms with E-state index in [-0.39, 0.29) is 5.41 Å². The molecule has 0 radical (unpaired) electrons. The van der Waals surface area contributed by atoms with E-state index >= 15 is 0 Å². The molecule has 0 aliphatic carbocycles. The molecule has 0 unspecified atom stereocenters. The lowest BCUT2D eigenvalue weighted by Crippen LogP contribution is -2.38. The summed E-state index contributed by atoms with van der Waals surface area (Å²) in [5.74, 6) is 0. The number of hydrogen-bond donors (Lipinski definition) is 0. The Balaban J connectivity index is 2.20. The molecule has 0 N–H and O–H groups in total. The van der Waals surface area contributed by atoms with Crippen LogP contribution in [0.2, 0.25) is 0 Å². The van der Waals surface area contributed by atoms with Crippen molar-refractivity contribution in [3.05, 3.63) is 0 Å². The van der Waals surface area contributed by atoms with E-state index < -0.39 is 0 Å². The predicted octanol–water partition coefficient (Wildman–Crippen LogP) is 0.934. The summed E-state index contributed by atoms with van der Waals surface area (Å²) >= 11 is 0. The van der Waals surface area contributed by atoms with Gasteiger partial charge in [0.2, 0.25) is 0 Å². The average molecular weight is 185 g/mol. The SMILES string of the molecule is CC(C)(C=O)CCN1CCOCC1. The van der Waals surface area contributed by atoms with Crippen molar-refractivity contribution in [2.24, 2.45) is 5.41 Å². The zero-order valence-electron chi connectivity index (χ0n) is 8.58. The van der Waals surface area contributed by atoms with E-state index in [1.165, 1.54) is 0 Å². The summed E-state index contributed by atoms with van der Waals surface area (Å²) < 4.78 is 5.25. The zero-order chi connectivity index (χ0) is 9.73. The number of rotatable bonds is 4. The van der Waals surface area contributed by atoms with Gasteiger partial charge in [-0.2, -0.15) is 0 Å². The fourth-order valence-electron chi connectivity index (χ4n) is 1.33. The molecule has 1 aliphatic heterocycles. The molecule has 0 bridgehead atoms. The molecule has 0 aromatic heterocycles. The molecule has 3 heteroatoms. The third-order valence-electron chi connectivity index (χ3n) is 2.50. The average Bonchev–Trinajstić information content (AvgIpc) is 2.17. The second kappa shape index (κ2) is 4.72. The standard InChI is InChI=1S/C10H19NO2/c1-10(2,9-12)3-4-11-5-7-13-8-6-11/h9H,3-8H2,1-2H3. The van der Waals surface area contributed by atoms with Gasteiger partial charge in [0.15, 0.2) is 0 Å². The first-order valence-corrected chi connectivity index (χ1v) is 4.90. The Morgan fingerprint density at radius 2 is 2.00 bits per heavy atom. The van der Waals surface area contributed by atoms with Crippen LogP contribution in [0.4, 0.5) is 0 Å². The van der Waals surface area contributed by atoms with E-state index in [1.54, 1.807) is 0 Å². The highest BCUT2D eigenvalue weighted by atomic mass is 16.5. The topological polar surface area (TPSA) is 29.5 Å². The van der Waals surface area contributed by atoms with Gasteiger partial charge in [0.1, 0.15) is 6.29 Å². The fourth-order valence-corrected chi connectivity index (χ4v) is 1.33. The summed E-state index contributed by atoms with van der Waals surface area (Å²) in [5.41, 5.74) is -0.168. The minimum atomic E-state index is -0.168. The Morgan fingerprint density at radius 1 is 1.38 bits per heavy atom. The van der Waals surface area contributed by atoms with Gasteiger partial charge in [0.25, 0.3) is 0 Å². The lowest BCUT2D eigenvalue weighted by Gasteiger charge is -2.29. The smallest absolute Gasteiger partial charge is 0.125 e. The second-order valence-electron chi connectivity index (χ2n) is 4.31. The van der Waals surface area contributed by atoms with E-state index in [1.807, 2.05) is 13.8 Å². The summed E-state index contributed by atoms with van der Waals surface area (Å²) in [6.45, 7) is 8.67. The zero-order valence-corrected chi connectivity index (χ0v) is 8.58. The maximum Gasteiger partial charge on any atom is 0.125 e. The van der Waals surface area contributed by atoms with Crippen molar-refractivity contribution in [1.82, 2.24) is 4.90 Å². The van der Waals surface area contributed by atoms with Gasteiger partial charge in [0.05, 0.1) is 13.2 Å². The van der Waals surface area contributed by atoms with Crippen LogP contribution >= 0.6 is 0 Å². The number of morpholine rings is 1. The van der Waals surface area contributed by atoms with Crippen LogP contribution in [0.25, 0.3) is 0 Å². The van der Waals surface area contributed by atoms with E-state index in [4.69, 9.17) is 4.74 Å². The second-order valence-corrected chi connectivity index (χ2v) is 4.31. The highest BCUT2D eigenvalue weighted by molar-refractivity contribution is 5.57. The highest BCUT2D eigenvalue weighted by Crippen LogP contribution is 2.17. The van der Waals surface area contributed by atoms with Crippen LogP contribution in [0.3, 0.4) is 0 Å². The minimum Gasteiger partial charge on any atom is -0.379 e. The van der Waals surface area contributed by atoms with Gasteiger partial charge in [-0.1, -0.05) is 13.8 Å². The number of hydrogen-bond acceptors (Lipinski definition) is 3. The molecule has 0 atom stereocenters. The van der Waals surface area contributed by atoms with E-state index in [0.717, 1.165) is 45.6 Å². The van der Waals surface area contributed by atoms with Gasteiger partial charge >= 0.3 is 0 Å². The van der Waals surface area contributed by atoms with E-state index in [2.05, 4.69) is 4.90 Å². The number of nitrogens with zero attached hydrogens (tertiary/aromatic N) is 1. The summed E-state index contributed by atoms with van der Waals surface area (Å²) in [6.07, 6.45) is 1.99. The number of ether oxygens (including phenoxy) is 1. The minimum absolute atomic E-state index is 0.168. The molecule has 1 fully saturated rings. The molecule has 13 heavy (non-hydrogen) atoms. The highest BCUT2D eigenvalue weighted by Gasteiger charge is 2.18. The Labute approximate surface area is 80.1 Å². The van der Waals surface area contributed by atoms with Gasteiger partial charge in [-0.3, -0.25) is 4.90 Å². The predicted molar refractivity (Wildman–Crippen MR) is 51.7 cm³/mol. The van der Waals surface area contributed by atoms with Crippen LogP contribution in [0, 0.1) is 5.41 Å². The van der Waals surface area contributed by atoms with Crippen molar-refractivity contribution < 1.29 is 9.53 Å². The largest absolute Gasteiger partial charge is 0.379 e. The lowest BCUT2D eigenvalue weighted by atomic mass is 9.91. The van der Waals surface area contributed by atoms with E-state index in [0.29, 0.717) is 0 Å². The van der Waals surface area contributed by atoms with Gasteiger partial charge in [-0.25, -0.2) is 0 Å². The maximum atomic E-state index is 10.7. The fraction of sp³-hybridized carbons (Fsp3) is 0.900. The van der Waals surface area contributed by atoms with Crippen molar-refractivity contribution >= 4 is 6.29 Å². The van der Waals surface area contributed by atoms with Crippen molar-refractivity contribution in [2.45, 2.75) is 20.3 Å². The van der Waals surface area contributed by atoms with Crippen LogP contribution in [0.15, 0.2) is 0 Å². The molecule has 1 heterocycles. The van der Waals surface area contributed by atoms with Crippen LogP contribution in [0.5, 0.6) is 0 Å². The number of carbonyl (C=O) groups is 1. The molecule has 1 saturated heterocycles. The monoisotopic (exact) mass is 185 g/mol. The van der Waals surface area contributed by atoms with Gasteiger partial charge in [0, 0.05) is 18.5 Å². The Bertz CT molecular complexity index is 162. The molecule has 0 amide bonds. The van der Waals surface area contributed by atoms with Crippen LogP contribution in [-0.4, -0.2) is 44.0 Å². The summed E-state index contributed by atoms with van der Waals surface area (Å²) in [5, 5.41) is 0. The molecule has 0 aromatic carbocycles. The van der Waals surface area contributed by atoms with Crippen LogP contribution < -0.4 is 0 Å². The third kappa shape index (κ3) is 3.87. The molecule has 3 nitrogen and oxygen atoms in total. The molecule has 76 valence electrons. The van der Waals surface area contributed by atoms with Crippen LogP contribution in [-0.2, 0) is 9.53 Å². The first-order chi connectivity index (χ1) is 6.14.